The summed E-state index contributed by atoms with van der Waals surface area (Å²) in [6.45, 7) is 5.38. The summed E-state index contributed by atoms with van der Waals surface area (Å²) in [5, 5.41) is 12.1. The van der Waals surface area contributed by atoms with Crippen LogP contribution in [0, 0.1) is 11.3 Å². The van der Waals surface area contributed by atoms with Gasteiger partial charge in [-0.2, -0.15) is 5.26 Å². The van der Waals surface area contributed by atoms with Crippen molar-refractivity contribution < 1.29 is 9.47 Å². The van der Waals surface area contributed by atoms with E-state index in [2.05, 4.69) is 18.3 Å². The number of benzene rings is 1. The Labute approximate surface area is 115 Å². The molecule has 4 heteroatoms. The van der Waals surface area contributed by atoms with Crippen molar-refractivity contribution in [3.05, 3.63) is 23.8 Å². The van der Waals surface area contributed by atoms with Crippen LogP contribution < -0.4 is 14.8 Å². The second-order valence-electron chi connectivity index (χ2n) is 4.29. The van der Waals surface area contributed by atoms with Crippen LogP contribution in [-0.2, 0) is 6.54 Å². The van der Waals surface area contributed by atoms with E-state index in [1.807, 2.05) is 32.2 Å². The van der Waals surface area contributed by atoms with Gasteiger partial charge in [0.25, 0.3) is 0 Å². The molecule has 1 atom stereocenters. The topological polar surface area (TPSA) is 54.3 Å². The molecule has 1 N–H and O–H groups in total. The summed E-state index contributed by atoms with van der Waals surface area (Å²) in [5.41, 5.74) is 1.03. The van der Waals surface area contributed by atoms with Gasteiger partial charge in [-0.3, -0.25) is 0 Å². The van der Waals surface area contributed by atoms with Gasteiger partial charge in [0.15, 0.2) is 6.10 Å². The van der Waals surface area contributed by atoms with Crippen LogP contribution in [0.3, 0.4) is 0 Å². The summed E-state index contributed by atoms with van der Waals surface area (Å²) >= 11 is 0. The second-order valence-corrected chi connectivity index (χ2v) is 4.29. The van der Waals surface area contributed by atoms with Gasteiger partial charge in [-0.1, -0.05) is 19.9 Å². The molecule has 0 aliphatic rings. The van der Waals surface area contributed by atoms with Gasteiger partial charge in [-0.25, -0.2) is 0 Å². The molecular formula is C15H22N2O2. The third-order valence-corrected chi connectivity index (χ3v) is 2.66. The fourth-order valence-electron chi connectivity index (χ4n) is 1.65. The normalized spacial score (nSPS) is 11.7. The molecule has 0 saturated carbocycles. The first-order valence-corrected chi connectivity index (χ1v) is 6.71. The molecule has 0 heterocycles. The lowest BCUT2D eigenvalue weighted by Crippen LogP contribution is -2.15. The molecule has 1 rings (SSSR count). The third-order valence-electron chi connectivity index (χ3n) is 2.66. The molecule has 0 fully saturated rings. The molecule has 104 valence electrons. The molecule has 1 aromatic rings. The number of nitriles is 1. The average molecular weight is 262 g/mol. The fraction of sp³-hybridized carbons (Fsp3) is 0.533. The molecule has 0 bridgehead atoms. The minimum absolute atomic E-state index is 0.419. The fourth-order valence-corrected chi connectivity index (χ4v) is 1.65. The van der Waals surface area contributed by atoms with Gasteiger partial charge >= 0.3 is 0 Å². The van der Waals surface area contributed by atoms with Crippen LogP contribution in [-0.4, -0.2) is 19.8 Å². The van der Waals surface area contributed by atoms with Crippen molar-refractivity contribution in [3.63, 3.8) is 0 Å². The highest BCUT2D eigenvalue weighted by Crippen LogP contribution is 2.26. The van der Waals surface area contributed by atoms with E-state index in [1.165, 1.54) is 0 Å². The zero-order valence-electron chi connectivity index (χ0n) is 11.9. The van der Waals surface area contributed by atoms with Gasteiger partial charge in [-0.05, 0) is 26.0 Å². The van der Waals surface area contributed by atoms with E-state index in [9.17, 15) is 0 Å². The molecule has 1 unspecified atom stereocenters. The molecular weight excluding hydrogens is 240 g/mol. The number of hydrogen-bond donors (Lipinski definition) is 1. The second kappa shape index (κ2) is 8.39. The zero-order valence-corrected chi connectivity index (χ0v) is 11.9. The minimum atomic E-state index is -0.419. The van der Waals surface area contributed by atoms with Crippen molar-refractivity contribution in [2.75, 3.05) is 13.7 Å². The Morgan fingerprint density at radius 3 is 2.74 bits per heavy atom. The first-order valence-electron chi connectivity index (χ1n) is 6.71. The van der Waals surface area contributed by atoms with Crippen LogP contribution in [0.25, 0.3) is 0 Å². The molecule has 0 spiro atoms. The van der Waals surface area contributed by atoms with Crippen molar-refractivity contribution in [1.82, 2.24) is 5.32 Å². The molecule has 0 aliphatic heterocycles. The van der Waals surface area contributed by atoms with Gasteiger partial charge in [-0.15, -0.1) is 0 Å². The van der Waals surface area contributed by atoms with Crippen LogP contribution in [0.15, 0.2) is 18.2 Å². The Morgan fingerprint density at radius 1 is 1.37 bits per heavy atom. The van der Waals surface area contributed by atoms with Crippen molar-refractivity contribution in [1.29, 1.82) is 5.26 Å². The molecule has 0 aromatic heterocycles. The van der Waals surface area contributed by atoms with E-state index < -0.39 is 6.10 Å². The lowest BCUT2D eigenvalue weighted by Gasteiger charge is -2.16. The maximum absolute atomic E-state index is 9.00. The maximum Gasteiger partial charge on any atom is 0.184 e. The maximum atomic E-state index is 9.00. The third kappa shape index (κ3) is 4.80. The highest BCUT2D eigenvalue weighted by Gasteiger charge is 2.11. The van der Waals surface area contributed by atoms with Gasteiger partial charge in [0.1, 0.15) is 17.6 Å². The standard InChI is InChI=1S/C15H22N2O2/c1-4-8-18-14-7-6-12(11-17-3)15(9-14)19-13(5-2)10-16/h6-7,9,13,17H,4-5,8,11H2,1-3H3. The summed E-state index contributed by atoms with van der Waals surface area (Å²) in [6.07, 6.45) is 1.21. The molecule has 0 amide bonds. The summed E-state index contributed by atoms with van der Waals surface area (Å²) in [7, 11) is 1.88. The Hall–Kier alpha value is -1.73. The summed E-state index contributed by atoms with van der Waals surface area (Å²) in [4.78, 5) is 0. The quantitative estimate of drug-likeness (QED) is 0.782. The van der Waals surface area contributed by atoms with Crippen LogP contribution in [0.1, 0.15) is 32.3 Å². The predicted molar refractivity (Wildman–Crippen MR) is 75.3 cm³/mol. The molecule has 4 nitrogen and oxygen atoms in total. The van der Waals surface area contributed by atoms with Crippen LogP contribution in [0.5, 0.6) is 11.5 Å². The first kappa shape index (κ1) is 15.3. The summed E-state index contributed by atoms with van der Waals surface area (Å²) in [5.74, 6) is 1.50. The number of ether oxygens (including phenoxy) is 2. The Kier molecular flexibility index (Phi) is 6.76. The Morgan fingerprint density at radius 2 is 2.16 bits per heavy atom. The van der Waals surface area contributed by atoms with E-state index in [1.54, 1.807) is 0 Å². The number of hydrogen-bond acceptors (Lipinski definition) is 4. The van der Waals surface area contributed by atoms with E-state index in [4.69, 9.17) is 14.7 Å². The van der Waals surface area contributed by atoms with E-state index >= 15 is 0 Å². The summed E-state index contributed by atoms with van der Waals surface area (Å²) in [6, 6.07) is 7.92. The Bertz CT molecular complexity index is 427. The molecule has 0 aliphatic carbocycles. The molecule has 0 saturated heterocycles. The Balaban J connectivity index is 2.91. The van der Waals surface area contributed by atoms with Gasteiger partial charge in [0.05, 0.1) is 6.61 Å². The molecule has 0 radical (unpaired) electrons. The first-order chi connectivity index (χ1) is 9.24. The van der Waals surface area contributed by atoms with Crippen LogP contribution in [0.2, 0.25) is 0 Å². The number of rotatable bonds is 8. The highest BCUT2D eigenvalue weighted by atomic mass is 16.5. The van der Waals surface area contributed by atoms with E-state index in [-0.39, 0.29) is 0 Å². The van der Waals surface area contributed by atoms with Crippen LogP contribution >= 0.6 is 0 Å². The van der Waals surface area contributed by atoms with Crippen molar-refractivity contribution >= 4 is 0 Å². The van der Waals surface area contributed by atoms with Crippen molar-refractivity contribution in [2.45, 2.75) is 39.3 Å². The largest absolute Gasteiger partial charge is 0.493 e. The number of nitrogens with zero attached hydrogens (tertiary/aromatic N) is 1. The van der Waals surface area contributed by atoms with Crippen LogP contribution in [0.4, 0.5) is 0 Å². The van der Waals surface area contributed by atoms with Crippen molar-refractivity contribution in [3.8, 4) is 17.6 Å². The van der Waals surface area contributed by atoms with E-state index in [0.717, 1.165) is 23.5 Å². The van der Waals surface area contributed by atoms with Crippen molar-refractivity contribution in [2.24, 2.45) is 0 Å². The summed E-state index contributed by atoms with van der Waals surface area (Å²) < 4.78 is 11.3. The monoisotopic (exact) mass is 262 g/mol. The lowest BCUT2D eigenvalue weighted by atomic mass is 10.2. The predicted octanol–water partition coefficient (Wildman–Crippen LogP) is 2.88. The van der Waals surface area contributed by atoms with Gasteiger partial charge in [0.2, 0.25) is 0 Å². The SMILES string of the molecule is CCCOc1ccc(CNC)c(OC(C#N)CC)c1. The van der Waals surface area contributed by atoms with Gasteiger partial charge in [0, 0.05) is 18.2 Å². The average Bonchev–Trinajstić information content (AvgIpc) is 2.44. The lowest BCUT2D eigenvalue weighted by molar-refractivity contribution is 0.246. The van der Waals surface area contributed by atoms with E-state index in [0.29, 0.717) is 19.6 Å². The minimum Gasteiger partial charge on any atom is -0.493 e. The molecule has 19 heavy (non-hydrogen) atoms. The smallest absolute Gasteiger partial charge is 0.184 e. The number of nitrogens with one attached hydrogen (secondary N) is 1. The zero-order chi connectivity index (χ0) is 14.1. The molecule has 1 aromatic carbocycles. The highest BCUT2D eigenvalue weighted by molar-refractivity contribution is 5.41. The van der Waals surface area contributed by atoms with Gasteiger partial charge < -0.3 is 14.8 Å².